The van der Waals surface area contributed by atoms with Crippen molar-refractivity contribution in [2.24, 2.45) is 0 Å². The summed E-state index contributed by atoms with van der Waals surface area (Å²) < 4.78 is 62.3. The van der Waals surface area contributed by atoms with Gasteiger partial charge in [0.2, 0.25) is 0 Å². The monoisotopic (exact) mass is 425 g/mol. The van der Waals surface area contributed by atoms with Crippen LogP contribution >= 0.6 is 0 Å². The summed E-state index contributed by atoms with van der Waals surface area (Å²) in [6.45, 7) is 2.33. The molecule has 1 fully saturated rings. The van der Waals surface area contributed by atoms with E-state index >= 15 is 0 Å². The second-order valence-corrected chi connectivity index (χ2v) is 9.40. The SMILES string of the molecule is CCCN(C(=O)c1ccccc1-c1ccc(C(F)(F)F)cc1)[C@H]1CCS(=O)(=O)C1. The molecule has 0 N–H and O–H groups in total. The van der Waals surface area contributed by atoms with Gasteiger partial charge in [0, 0.05) is 18.2 Å². The fraction of sp³-hybridized carbons (Fsp3) is 0.381. The summed E-state index contributed by atoms with van der Waals surface area (Å²) in [5.74, 6) is -0.295. The van der Waals surface area contributed by atoms with E-state index in [9.17, 15) is 26.4 Å². The summed E-state index contributed by atoms with van der Waals surface area (Å²) in [6, 6.07) is 11.0. The molecule has 0 saturated carbocycles. The zero-order chi connectivity index (χ0) is 21.2. The average Bonchev–Trinajstić information content (AvgIpc) is 3.04. The summed E-state index contributed by atoms with van der Waals surface area (Å²) in [6.07, 6.45) is -3.36. The molecule has 0 spiro atoms. The number of halogens is 3. The minimum absolute atomic E-state index is 0.0544. The Morgan fingerprint density at radius 2 is 1.76 bits per heavy atom. The first-order chi connectivity index (χ1) is 13.6. The van der Waals surface area contributed by atoms with Crippen LogP contribution in [0.5, 0.6) is 0 Å². The minimum atomic E-state index is -4.43. The van der Waals surface area contributed by atoms with Crippen LogP contribution in [-0.4, -0.2) is 43.3 Å². The third-order valence-corrected chi connectivity index (χ3v) is 6.81. The van der Waals surface area contributed by atoms with Crippen LogP contribution in [-0.2, 0) is 16.0 Å². The van der Waals surface area contributed by atoms with Gasteiger partial charge in [-0.2, -0.15) is 13.2 Å². The van der Waals surface area contributed by atoms with Gasteiger partial charge in [0.25, 0.3) is 5.91 Å². The van der Waals surface area contributed by atoms with E-state index < -0.39 is 21.6 Å². The number of amides is 1. The Balaban J connectivity index is 1.95. The number of hydrogen-bond acceptors (Lipinski definition) is 3. The zero-order valence-electron chi connectivity index (χ0n) is 15.9. The lowest BCUT2D eigenvalue weighted by Gasteiger charge is -2.29. The van der Waals surface area contributed by atoms with Crippen molar-refractivity contribution in [3.05, 3.63) is 59.7 Å². The van der Waals surface area contributed by atoms with Gasteiger partial charge in [-0.3, -0.25) is 4.79 Å². The minimum Gasteiger partial charge on any atom is -0.335 e. The molecule has 1 heterocycles. The Kier molecular flexibility index (Phi) is 6.03. The maximum Gasteiger partial charge on any atom is 0.416 e. The molecule has 1 aliphatic rings. The largest absolute Gasteiger partial charge is 0.416 e. The van der Waals surface area contributed by atoms with Gasteiger partial charge < -0.3 is 4.90 Å². The molecule has 1 aliphatic heterocycles. The van der Waals surface area contributed by atoms with Crippen LogP contribution in [0.4, 0.5) is 13.2 Å². The molecule has 1 amide bonds. The van der Waals surface area contributed by atoms with Crippen LogP contribution in [0.1, 0.15) is 35.7 Å². The molecule has 0 bridgehead atoms. The molecular formula is C21H22F3NO3S. The summed E-state index contributed by atoms with van der Waals surface area (Å²) in [5, 5.41) is 0. The maximum atomic E-state index is 13.3. The van der Waals surface area contributed by atoms with Crippen LogP contribution in [0.3, 0.4) is 0 Å². The number of benzene rings is 2. The Morgan fingerprint density at radius 1 is 1.10 bits per heavy atom. The maximum absolute atomic E-state index is 13.3. The lowest BCUT2D eigenvalue weighted by molar-refractivity contribution is -0.137. The molecule has 156 valence electrons. The fourth-order valence-electron chi connectivity index (χ4n) is 3.63. The standard InChI is InChI=1S/C21H22F3NO3S/c1-2-12-25(17-11-13-29(27,28)14-17)20(26)19-6-4-3-5-18(19)15-7-9-16(10-8-15)21(22,23)24/h3-10,17H,2,11-14H2,1H3/t17-/m0/s1. The van der Waals surface area contributed by atoms with Crippen molar-refractivity contribution in [3.63, 3.8) is 0 Å². The summed E-state index contributed by atoms with van der Waals surface area (Å²) in [4.78, 5) is 14.9. The van der Waals surface area contributed by atoms with E-state index in [1.165, 1.54) is 12.1 Å². The van der Waals surface area contributed by atoms with Gasteiger partial charge in [-0.1, -0.05) is 37.3 Å². The Bertz CT molecular complexity index is 985. The molecule has 0 radical (unpaired) electrons. The summed E-state index contributed by atoms with van der Waals surface area (Å²) in [5.41, 5.74) is 0.615. The molecule has 1 saturated heterocycles. The first-order valence-corrected chi connectivity index (χ1v) is 11.2. The fourth-order valence-corrected chi connectivity index (χ4v) is 5.36. The normalized spacial score (nSPS) is 18.6. The Labute approximate surface area is 168 Å². The Morgan fingerprint density at radius 3 is 2.31 bits per heavy atom. The number of carbonyl (C=O) groups excluding carboxylic acids is 1. The van der Waals surface area contributed by atoms with E-state index in [1.54, 1.807) is 29.2 Å². The number of sulfone groups is 1. The molecule has 0 aliphatic carbocycles. The van der Waals surface area contributed by atoms with E-state index in [1.807, 2.05) is 6.92 Å². The highest BCUT2D eigenvalue weighted by Gasteiger charge is 2.35. The number of nitrogens with zero attached hydrogens (tertiary/aromatic N) is 1. The summed E-state index contributed by atoms with van der Waals surface area (Å²) >= 11 is 0. The summed E-state index contributed by atoms with van der Waals surface area (Å²) in [7, 11) is -3.16. The third-order valence-electron chi connectivity index (χ3n) is 5.06. The molecule has 1 atom stereocenters. The third kappa shape index (κ3) is 4.80. The molecule has 0 aromatic heterocycles. The van der Waals surface area contributed by atoms with Crippen molar-refractivity contribution in [2.75, 3.05) is 18.1 Å². The molecule has 0 unspecified atom stereocenters. The van der Waals surface area contributed by atoms with Crippen molar-refractivity contribution in [1.29, 1.82) is 0 Å². The van der Waals surface area contributed by atoms with E-state index in [2.05, 4.69) is 0 Å². The van der Waals surface area contributed by atoms with Crippen LogP contribution < -0.4 is 0 Å². The number of hydrogen-bond donors (Lipinski definition) is 0. The molecule has 4 nitrogen and oxygen atoms in total. The molecular weight excluding hydrogens is 403 g/mol. The zero-order valence-corrected chi connectivity index (χ0v) is 16.8. The first-order valence-electron chi connectivity index (χ1n) is 9.40. The highest BCUT2D eigenvalue weighted by Crippen LogP contribution is 2.32. The molecule has 8 heteroatoms. The lowest BCUT2D eigenvalue weighted by Crippen LogP contribution is -2.41. The highest BCUT2D eigenvalue weighted by molar-refractivity contribution is 7.91. The number of carbonyl (C=O) groups is 1. The molecule has 29 heavy (non-hydrogen) atoms. The van der Waals surface area contributed by atoms with Gasteiger partial charge in [-0.05, 0) is 42.2 Å². The number of alkyl halides is 3. The quantitative estimate of drug-likeness (QED) is 0.713. The number of rotatable bonds is 5. The van der Waals surface area contributed by atoms with Crippen molar-refractivity contribution in [3.8, 4) is 11.1 Å². The first kappa shape index (κ1) is 21.4. The van der Waals surface area contributed by atoms with Crippen molar-refractivity contribution in [2.45, 2.75) is 32.0 Å². The average molecular weight is 425 g/mol. The predicted molar refractivity (Wildman–Crippen MR) is 105 cm³/mol. The second kappa shape index (κ2) is 8.18. The van der Waals surface area contributed by atoms with Crippen LogP contribution in [0.2, 0.25) is 0 Å². The lowest BCUT2D eigenvalue weighted by atomic mass is 9.97. The molecule has 2 aromatic carbocycles. The van der Waals surface area contributed by atoms with Gasteiger partial charge in [0.15, 0.2) is 9.84 Å². The Hall–Kier alpha value is -2.35. The van der Waals surface area contributed by atoms with Gasteiger partial charge in [-0.25, -0.2) is 8.42 Å². The van der Waals surface area contributed by atoms with Gasteiger partial charge in [-0.15, -0.1) is 0 Å². The van der Waals surface area contributed by atoms with Crippen molar-refractivity contribution in [1.82, 2.24) is 4.90 Å². The topological polar surface area (TPSA) is 54.5 Å². The molecule has 2 aromatic rings. The van der Waals surface area contributed by atoms with Crippen LogP contribution in [0.15, 0.2) is 48.5 Å². The second-order valence-electron chi connectivity index (χ2n) is 7.18. The molecule has 3 rings (SSSR count). The van der Waals surface area contributed by atoms with Crippen LogP contribution in [0.25, 0.3) is 11.1 Å². The highest BCUT2D eigenvalue weighted by atomic mass is 32.2. The van der Waals surface area contributed by atoms with Crippen molar-refractivity contribution < 1.29 is 26.4 Å². The van der Waals surface area contributed by atoms with Gasteiger partial charge in [0.05, 0.1) is 17.1 Å². The van der Waals surface area contributed by atoms with Gasteiger partial charge in [0.1, 0.15) is 0 Å². The van der Waals surface area contributed by atoms with Crippen molar-refractivity contribution >= 4 is 15.7 Å². The van der Waals surface area contributed by atoms with E-state index in [0.29, 0.717) is 36.1 Å². The smallest absolute Gasteiger partial charge is 0.335 e. The van der Waals surface area contributed by atoms with E-state index in [0.717, 1.165) is 12.1 Å². The van der Waals surface area contributed by atoms with E-state index in [-0.39, 0.29) is 23.5 Å². The van der Waals surface area contributed by atoms with E-state index in [4.69, 9.17) is 0 Å². The predicted octanol–water partition coefficient (Wildman–Crippen LogP) is 4.41. The van der Waals surface area contributed by atoms with Crippen LogP contribution in [0, 0.1) is 0 Å². The van der Waals surface area contributed by atoms with Gasteiger partial charge >= 0.3 is 6.18 Å².